The Kier molecular flexibility index (Phi) is 5.39. The second-order valence-electron chi connectivity index (χ2n) is 3.81. The molecule has 0 aliphatic carbocycles. The zero-order valence-corrected chi connectivity index (χ0v) is 11.1. The molecule has 1 aromatic carbocycles. The van der Waals surface area contributed by atoms with E-state index in [0.29, 0.717) is 18.0 Å². The first-order chi connectivity index (χ1) is 7.95. The Morgan fingerprint density at radius 3 is 2.47 bits per heavy atom. The Bertz CT molecular complexity index is 444. The van der Waals surface area contributed by atoms with Gasteiger partial charge in [-0.15, -0.1) is 0 Å². The van der Waals surface area contributed by atoms with Crippen LogP contribution in [0.25, 0.3) is 0 Å². The van der Waals surface area contributed by atoms with Crippen LogP contribution in [0.2, 0.25) is 5.02 Å². The maximum absolute atomic E-state index is 11.5. The molecule has 0 saturated carbocycles. The van der Waals surface area contributed by atoms with Crippen LogP contribution in [0.5, 0.6) is 0 Å². The third-order valence-electron chi connectivity index (χ3n) is 2.42. The van der Waals surface area contributed by atoms with E-state index in [0.717, 1.165) is 5.56 Å². The lowest BCUT2D eigenvalue weighted by Crippen LogP contribution is -2.35. The van der Waals surface area contributed by atoms with E-state index in [1.54, 1.807) is 12.1 Å². The van der Waals surface area contributed by atoms with Crippen LogP contribution in [0, 0.1) is 0 Å². The molecule has 0 radical (unpaired) electrons. The maximum atomic E-state index is 11.5. The second kappa shape index (κ2) is 6.35. The minimum atomic E-state index is -3.41. The largest absolute Gasteiger partial charge is 0.395 e. The molecule has 0 fully saturated rings. The molecule has 6 heteroatoms. The average molecular weight is 278 g/mol. The summed E-state index contributed by atoms with van der Waals surface area (Å²) >= 11 is 5.74. The van der Waals surface area contributed by atoms with Gasteiger partial charge in [0.15, 0.2) is 0 Å². The quantitative estimate of drug-likeness (QED) is 0.821. The predicted molar refractivity (Wildman–Crippen MR) is 68.6 cm³/mol. The first-order valence-electron chi connectivity index (χ1n) is 5.29. The van der Waals surface area contributed by atoms with Crippen LogP contribution in [0.3, 0.4) is 0 Å². The van der Waals surface area contributed by atoms with Gasteiger partial charge in [-0.05, 0) is 31.0 Å². The van der Waals surface area contributed by atoms with E-state index in [-0.39, 0.29) is 6.61 Å². The van der Waals surface area contributed by atoms with E-state index in [4.69, 9.17) is 16.7 Å². The highest BCUT2D eigenvalue weighted by Gasteiger charge is 2.18. The van der Waals surface area contributed by atoms with Gasteiger partial charge in [0.25, 0.3) is 0 Å². The first kappa shape index (κ1) is 14.4. The number of hydrogen-bond donors (Lipinski definition) is 2. The average Bonchev–Trinajstić information content (AvgIpc) is 2.30. The van der Waals surface area contributed by atoms with Gasteiger partial charge < -0.3 is 5.11 Å². The Morgan fingerprint density at radius 1 is 1.35 bits per heavy atom. The van der Waals surface area contributed by atoms with Crippen LogP contribution >= 0.6 is 11.6 Å². The summed E-state index contributed by atoms with van der Waals surface area (Å²) in [6.45, 7) is 1.40. The number of benzene rings is 1. The number of hydrogen-bond acceptors (Lipinski definition) is 3. The standard InChI is InChI=1S/C11H16ClNO3S/c1-9(8-14)17(15,16)13-7-6-10-2-4-11(12)5-3-10/h2-5,9,13-14H,6-8H2,1H3. The van der Waals surface area contributed by atoms with E-state index in [1.165, 1.54) is 6.92 Å². The first-order valence-corrected chi connectivity index (χ1v) is 7.22. The molecule has 0 aliphatic heterocycles. The summed E-state index contributed by atoms with van der Waals surface area (Å²) in [6, 6.07) is 7.24. The van der Waals surface area contributed by atoms with Crippen molar-refractivity contribution in [1.29, 1.82) is 0 Å². The zero-order chi connectivity index (χ0) is 12.9. The minimum absolute atomic E-state index is 0.314. The van der Waals surface area contributed by atoms with E-state index >= 15 is 0 Å². The smallest absolute Gasteiger partial charge is 0.216 e. The maximum Gasteiger partial charge on any atom is 0.216 e. The highest BCUT2D eigenvalue weighted by atomic mass is 35.5. The molecule has 1 unspecified atom stereocenters. The van der Waals surface area contributed by atoms with Crippen LogP contribution in [-0.4, -0.2) is 31.9 Å². The predicted octanol–water partition coefficient (Wildman–Crippen LogP) is 1.18. The Morgan fingerprint density at radius 2 is 1.94 bits per heavy atom. The highest BCUT2D eigenvalue weighted by molar-refractivity contribution is 7.90. The molecule has 1 rings (SSSR count). The molecular weight excluding hydrogens is 262 g/mol. The molecular formula is C11H16ClNO3S. The molecule has 0 heterocycles. The Labute approximate surface area is 107 Å². The molecule has 0 aliphatic rings. The highest BCUT2D eigenvalue weighted by Crippen LogP contribution is 2.09. The fraction of sp³-hybridized carbons (Fsp3) is 0.455. The number of halogens is 1. The minimum Gasteiger partial charge on any atom is -0.395 e. The molecule has 1 atom stereocenters. The van der Waals surface area contributed by atoms with Crippen molar-refractivity contribution in [1.82, 2.24) is 4.72 Å². The number of nitrogens with one attached hydrogen (secondary N) is 1. The molecule has 96 valence electrons. The number of rotatable bonds is 6. The monoisotopic (exact) mass is 277 g/mol. The number of aliphatic hydroxyl groups excluding tert-OH is 1. The van der Waals surface area contributed by atoms with E-state index < -0.39 is 15.3 Å². The summed E-state index contributed by atoms with van der Waals surface area (Å²) in [5.74, 6) is 0. The van der Waals surface area contributed by atoms with Gasteiger partial charge in [0.05, 0.1) is 11.9 Å². The van der Waals surface area contributed by atoms with Crippen molar-refractivity contribution in [2.24, 2.45) is 0 Å². The van der Waals surface area contributed by atoms with E-state index in [9.17, 15) is 8.42 Å². The van der Waals surface area contributed by atoms with Crippen LogP contribution in [0.15, 0.2) is 24.3 Å². The number of aliphatic hydroxyl groups is 1. The molecule has 17 heavy (non-hydrogen) atoms. The van der Waals surface area contributed by atoms with Gasteiger partial charge in [0.1, 0.15) is 0 Å². The third kappa shape index (κ3) is 4.63. The fourth-order valence-corrected chi connectivity index (χ4v) is 2.22. The Balaban J connectivity index is 2.45. The van der Waals surface area contributed by atoms with Gasteiger partial charge in [0.2, 0.25) is 10.0 Å². The summed E-state index contributed by atoms with van der Waals surface area (Å²) in [5.41, 5.74) is 1.01. The van der Waals surface area contributed by atoms with Crippen LogP contribution in [-0.2, 0) is 16.4 Å². The molecule has 0 saturated heterocycles. The molecule has 0 spiro atoms. The van der Waals surface area contributed by atoms with Gasteiger partial charge in [-0.25, -0.2) is 13.1 Å². The summed E-state index contributed by atoms with van der Waals surface area (Å²) < 4.78 is 25.5. The van der Waals surface area contributed by atoms with Crippen molar-refractivity contribution >= 4 is 21.6 Å². The topological polar surface area (TPSA) is 66.4 Å². The summed E-state index contributed by atoms with van der Waals surface area (Å²) in [5, 5.41) is 8.65. The summed E-state index contributed by atoms with van der Waals surface area (Å²) in [6.07, 6.45) is 0.592. The van der Waals surface area contributed by atoms with Crippen molar-refractivity contribution in [3.05, 3.63) is 34.9 Å². The normalized spacial score (nSPS) is 13.6. The van der Waals surface area contributed by atoms with Gasteiger partial charge in [-0.2, -0.15) is 0 Å². The zero-order valence-electron chi connectivity index (χ0n) is 9.56. The number of sulfonamides is 1. The molecule has 1 aromatic rings. The fourth-order valence-electron chi connectivity index (χ4n) is 1.23. The Hall–Kier alpha value is -0.620. The van der Waals surface area contributed by atoms with Crippen LogP contribution < -0.4 is 4.72 Å². The molecule has 0 bridgehead atoms. The molecule has 2 N–H and O–H groups in total. The lowest BCUT2D eigenvalue weighted by atomic mass is 10.2. The molecule has 4 nitrogen and oxygen atoms in total. The van der Waals surface area contributed by atoms with Crippen molar-refractivity contribution in [3.63, 3.8) is 0 Å². The second-order valence-corrected chi connectivity index (χ2v) is 6.43. The summed E-state index contributed by atoms with van der Waals surface area (Å²) in [4.78, 5) is 0. The molecule has 0 aromatic heterocycles. The van der Waals surface area contributed by atoms with Crippen molar-refractivity contribution in [2.45, 2.75) is 18.6 Å². The van der Waals surface area contributed by atoms with Crippen molar-refractivity contribution < 1.29 is 13.5 Å². The van der Waals surface area contributed by atoms with E-state index in [1.807, 2.05) is 12.1 Å². The van der Waals surface area contributed by atoms with Crippen LogP contribution in [0.1, 0.15) is 12.5 Å². The lowest BCUT2D eigenvalue weighted by molar-refractivity contribution is 0.295. The van der Waals surface area contributed by atoms with Gasteiger partial charge in [-0.3, -0.25) is 0 Å². The third-order valence-corrected chi connectivity index (χ3v) is 4.48. The van der Waals surface area contributed by atoms with Gasteiger partial charge >= 0.3 is 0 Å². The van der Waals surface area contributed by atoms with E-state index in [2.05, 4.69) is 4.72 Å². The SMILES string of the molecule is CC(CO)S(=O)(=O)NCCc1ccc(Cl)cc1. The summed E-state index contributed by atoms with van der Waals surface area (Å²) in [7, 11) is -3.41. The van der Waals surface area contributed by atoms with Crippen LogP contribution in [0.4, 0.5) is 0 Å². The lowest BCUT2D eigenvalue weighted by Gasteiger charge is -2.11. The van der Waals surface area contributed by atoms with Crippen molar-refractivity contribution in [2.75, 3.05) is 13.2 Å². The van der Waals surface area contributed by atoms with Gasteiger partial charge in [-0.1, -0.05) is 23.7 Å². The van der Waals surface area contributed by atoms with Gasteiger partial charge in [0, 0.05) is 11.6 Å². The molecule has 0 amide bonds. The van der Waals surface area contributed by atoms with Crippen molar-refractivity contribution in [3.8, 4) is 0 Å².